The second-order valence-electron chi connectivity index (χ2n) is 4.60. The lowest BCUT2D eigenvalue weighted by Gasteiger charge is -2.39. The van der Waals surface area contributed by atoms with Gasteiger partial charge >= 0.3 is 0 Å². The van der Waals surface area contributed by atoms with E-state index < -0.39 is 0 Å². The summed E-state index contributed by atoms with van der Waals surface area (Å²) in [5, 5.41) is 0. The van der Waals surface area contributed by atoms with E-state index in [1.54, 1.807) is 0 Å². The van der Waals surface area contributed by atoms with Gasteiger partial charge < -0.3 is 9.64 Å². The van der Waals surface area contributed by atoms with Crippen molar-refractivity contribution in [3.05, 3.63) is 0 Å². The molecule has 2 nitrogen and oxygen atoms in total. The molecule has 1 aliphatic rings. The summed E-state index contributed by atoms with van der Waals surface area (Å²) in [6.07, 6.45) is 5.15. The van der Waals surface area contributed by atoms with E-state index in [0.29, 0.717) is 5.41 Å². The third-order valence-corrected chi connectivity index (χ3v) is 2.99. The van der Waals surface area contributed by atoms with E-state index in [-0.39, 0.29) is 0 Å². The van der Waals surface area contributed by atoms with Crippen LogP contribution in [0.3, 0.4) is 0 Å². The predicted molar refractivity (Wildman–Crippen MR) is 55.9 cm³/mol. The van der Waals surface area contributed by atoms with E-state index in [2.05, 4.69) is 25.9 Å². The molecule has 2 heteroatoms. The van der Waals surface area contributed by atoms with Crippen molar-refractivity contribution in [2.24, 2.45) is 5.41 Å². The highest BCUT2D eigenvalue weighted by molar-refractivity contribution is 4.83. The Morgan fingerprint density at radius 2 is 1.85 bits per heavy atom. The lowest BCUT2D eigenvalue weighted by atomic mass is 9.76. The molecule has 13 heavy (non-hydrogen) atoms. The van der Waals surface area contributed by atoms with Crippen LogP contribution in [0, 0.1) is 5.41 Å². The molecule has 1 rings (SSSR count). The van der Waals surface area contributed by atoms with Gasteiger partial charge in [-0.2, -0.15) is 0 Å². The van der Waals surface area contributed by atoms with Crippen molar-refractivity contribution < 1.29 is 4.74 Å². The Morgan fingerprint density at radius 3 is 2.31 bits per heavy atom. The van der Waals surface area contributed by atoms with Crippen LogP contribution in [0.15, 0.2) is 0 Å². The number of rotatable bonds is 4. The van der Waals surface area contributed by atoms with Crippen molar-refractivity contribution in [2.45, 2.75) is 32.6 Å². The first kappa shape index (κ1) is 11.0. The van der Waals surface area contributed by atoms with Gasteiger partial charge in [0, 0.05) is 19.8 Å². The smallest absolute Gasteiger partial charge is 0.0471 e. The maximum atomic E-state index is 5.43. The molecule has 0 atom stereocenters. The molecular formula is C11H23NO. The summed E-state index contributed by atoms with van der Waals surface area (Å²) in [6, 6.07) is 0. The molecule has 78 valence electrons. The Morgan fingerprint density at radius 1 is 1.23 bits per heavy atom. The summed E-state index contributed by atoms with van der Waals surface area (Å²) in [7, 11) is 4.35. The average molecular weight is 185 g/mol. The Hall–Kier alpha value is -0.0800. The van der Waals surface area contributed by atoms with Crippen molar-refractivity contribution in [2.75, 3.05) is 33.9 Å². The Kier molecular flexibility index (Phi) is 4.20. The van der Waals surface area contributed by atoms with E-state index >= 15 is 0 Å². The predicted octanol–water partition coefficient (Wildman–Crippen LogP) is 2.14. The van der Waals surface area contributed by atoms with Crippen molar-refractivity contribution in [3.63, 3.8) is 0 Å². The van der Waals surface area contributed by atoms with Crippen molar-refractivity contribution >= 4 is 0 Å². The second-order valence-corrected chi connectivity index (χ2v) is 4.60. The molecule has 1 heterocycles. The molecule has 0 unspecified atom stereocenters. The van der Waals surface area contributed by atoms with Gasteiger partial charge in [0.2, 0.25) is 0 Å². The van der Waals surface area contributed by atoms with Crippen LogP contribution < -0.4 is 0 Å². The normalized spacial score (nSPS) is 22.2. The zero-order valence-corrected chi connectivity index (χ0v) is 9.31. The fourth-order valence-electron chi connectivity index (χ4n) is 2.49. The van der Waals surface area contributed by atoms with Crippen LogP contribution in [0.2, 0.25) is 0 Å². The summed E-state index contributed by atoms with van der Waals surface area (Å²) in [6.45, 7) is 5.44. The molecule has 1 aliphatic heterocycles. The van der Waals surface area contributed by atoms with E-state index in [0.717, 1.165) is 13.2 Å². The fraction of sp³-hybridized carbons (Fsp3) is 1.00. The number of ether oxygens (including phenoxy) is 1. The molecule has 0 N–H and O–H groups in total. The zero-order chi connectivity index (χ0) is 9.73. The molecule has 0 aromatic rings. The molecule has 0 saturated carbocycles. The van der Waals surface area contributed by atoms with Gasteiger partial charge in [0.1, 0.15) is 0 Å². The summed E-state index contributed by atoms with van der Waals surface area (Å²) < 4.78 is 5.43. The summed E-state index contributed by atoms with van der Waals surface area (Å²) in [5.41, 5.74) is 0.552. The third-order valence-electron chi connectivity index (χ3n) is 2.99. The zero-order valence-electron chi connectivity index (χ0n) is 9.31. The third kappa shape index (κ3) is 3.28. The first-order chi connectivity index (χ1) is 6.18. The van der Waals surface area contributed by atoms with Gasteiger partial charge in [-0.3, -0.25) is 0 Å². The quantitative estimate of drug-likeness (QED) is 0.665. The molecule has 1 saturated heterocycles. The van der Waals surface area contributed by atoms with Gasteiger partial charge in [-0.1, -0.05) is 13.3 Å². The van der Waals surface area contributed by atoms with Crippen LogP contribution in [0.25, 0.3) is 0 Å². The van der Waals surface area contributed by atoms with E-state index in [4.69, 9.17) is 4.74 Å². The molecule has 0 aromatic carbocycles. The van der Waals surface area contributed by atoms with Gasteiger partial charge in [-0.25, -0.2) is 0 Å². The molecule has 0 aromatic heterocycles. The number of hydrogen-bond donors (Lipinski definition) is 0. The minimum atomic E-state index is 0.552. The van der Waals surface area contributed by atoms with Crippen LogP contribution in [0.4, 0.5) is 0 Å². The fourth-order valence-corrected chi connectivity index (χ4v) is 2.49. The van der Waals surface area contributed by atoms with Crippen LogP contribution in [0.5, 0.6) is 0 Å². The highest BCUT2D eigenvalue weighted by Gasteiger charge is 2.31. The molecular weight excluding hydrogens is 162 g/mol. The van der Waals surface area contributed by atoms with Gasteiger partial charge in [-0.15, -0.1) is 0 Å². The number of hydrogen-bond acceptors (Lipinski definition) is 2. The second kappa shape index (κ2) is 4.97. The van der Waals surface area contributed by atoms with Gasteiger partial charge in [0.25, 0.3) is 0 Å². The van der Waals surface area contributed by atoms with Crippen LogP contribution in [-0.4, -0.2) is 38.8 Å². The molecule has 0 spiro atoms. The summed E-state index contributed by atoms with van der Waals surface area (Å²) in [5.74, 6) is 0. The van der Waals surface area contributed by atoms with Gasteiger partial charge in [-0.05, 0) is 38.8 Å². The van der Waals surface area contributed by atoms with Gasteiger partial charge in [0.15, 0.2) is 0 Å². The largest absolute Gasteiger partial charge is 0.381 e. The maximum absolute atomic E-state index is 5.43. The molecule has 0 bridgehead atoms. The Bertz CT molecular complexity index is 134. The van der Waals surface area contributed by atoms with Crippen LogP contribution in [0.1, 0.15) is 32.6 Å². The maximum Gasteiger partial charge on any atom is 0.0471 e. The molecule has 0 aliphatic carbocycles. The lowest BCUT2D eigenvalue weighted by Crippen LogP contribution is -2.38. The van der Waals surface area contributed by atoms with E-state index in [1.165, 1.54) is 32.2 Å². The van der Waals surface area contributed by atoms with Crippen molar-refractivity contribution in [3.8, 4) is 0 Å². The lowest BCUT2D eigenvalue weighted by molar-refractivity contribution is -0.00273. The highest BCUT2D eigenvalue weighted by Crippen LogP contribution is 2.35. The molecule has 0 radical (unpaired) electrons. The SMILES string of the molecule is CCCC1(CN(C)C)CCOCC1. The first-order valence-electron chi connectivity index (χ1n) is 5.41. The minimum Gasteiger partial charge on any atom is -0.381 e. The number of nitrogens with zero attached hydrogens (tertiary/aromatic N) is 1. The van der Waals surface area contributed by atoms with E-state index in [9.17, 15) is 0 Å². The van der Waals surface area contributed by atoms with Crippen molar-refractivity contribution in [1.82, 2.24) is 4.90 Å². The first-order valence-corrected chi connectivity index (χ1v) is 5.41. The summed E-state index contributed by atoms with van der Waals surface area (Å²) in [4.78, 5) is 2.32. The Labute approximate surface area is 82.3 Å². The standard InChI is InChI=1S/C11H23NO/c1-4-5-11(10-12(2)3)6-8-13-9-7-11/h4-10H2,1-3H3. The average Bonchev–Trinajstić information content (AvgIpc) is 2.04. The highest BCUT2D eigenvalue weighted by atomic mass is 16.5. The van der Waals surface area contributed by atoms with Crippen LogP contribution in [-0.2, 0) is 4.74 Å². The Balaban J connectivity index is 2.50. The molecule has 0 amide bonds. The van der Waals surface area contributed by atoms with E-state index in [1.807, 2.05) is 0 Å². The van der Waals surface area contributed by atoms with Crippen molar-refractivity contribution in [1.29, 1.82) is 0 Å². The summed E-state index contributed by atoms with van der Waals surface area (Å²) >= 11 is 0. The minimum absolute atomic E-state index is 0.552. The monoisotopic (exact) mass is 185 g/mol. The molecule has 1 fully saturated rings. The van der Waals surface area contributed by atoms with Crippen LogP contribution >= 0.6 is 0 Å². The topological polar surface area (TPSA) is 12.5 Å². The van der Waals surface area contributed by atoms with Gasteiger partial charge in [0.05, 0.1) is 0 Å².